The van der Waals surface area contributed by atoms with Gasteiger partial charge in [0.2, 0.25) is 0 Å². The summed E-state index contributed by atoms with van der Waals surface area (Å²) in [4.78, 5) is 11.1. The monoisotopic (exact) mass is 216 g/mol. The molecule has 1 atom stereocenters. The van der Waals surface area contributed by atoms with Crippen molar-refractivity contribution in [2.24, 2.45) is 5.92 Å². The van der Waals surface area contributed by atoms with Gasteiger partial charge < -0.3 is 5.11 Å². The highest BCUT2D eigenvalue weighted by atomic mass is 16.4. The fourth-order valence-electron chi connectivity index (χ4n) is 2.21. The van der Waals surface area contributed by atoms with Gasteiger partial charge in [0.05, 0.1) is 5.92 Å². The first kappa shape index (κ1) is 10.9. The van der Waals surface area contributed by atoms with Gasteiger partial charge in [0, 0.05) is 0 Å². The van der Waals surface area contributed by atoms with Crippen molar-refractivity contribution in [1.82, 2.24) is 0 Å². The molecular weight excluding hydrogens is 200 g/mol. The van der Waals surface area contributed by atoms with Crippen LogP contribution < -0.4 is 0 Å². The summed E-state index contributed by atoms with van der Waals surface area (Å²) in [5, 5.41) is 9.09. The van der Waals surface area contributed by atoms with Crippen LogP contribution in [0.1, 0.15) is 30.0 Å². The molecule has 0 amide bonds. The van der Waals surface area contributed by atoms with Crippen molar-refractivity contribution in [2.75, 3.05) is 0 Å². The zero-order valence-corrected chi connectivity index (χ0v) is 9.66. The maximum absolute atomic E-state index is 11.1. The van der Waals surface area contributed by atoms with E-state index in [1.807, 2.05) is 6.92 Å². The number of hydrogen-bond acceptors (Lipinski definition) is 1. The molecule has 1 N–H and O–H groups in total. The predicted molar refractivity (Wildman–Crippen MR) is 64.3 cm³/mol. The number of carboxylic acid groups (broad SMARTS) is 1. The van der Waals surface area contributed by atoms with Crippen LogP contribution >= 0.6 is 0 Å². The Kier molecular flexibility index (Phi) is 2.82. The van der Waals surface area contributed by atoms with E-state index in [2.05, 4.69) is 24.3 Å². The fourth-order valence-corrected chi connectivity index (χ4v) is 2.21. The first-order valence-corrected chi connectivity index (χ1v) is 5.62. The van der Waals surface area contributed by atoms with Crippen molar-refractivity contribution in [1.29, 1.82) is 0 Å². The lowest BCUT2D eigenvalue weighted by Crippen LogP contribution is -2.14. The van der Waals surface area contributed by atoms with Crippen molar-refractivity contribution in [3.05, 3.63) is 41.0 Å². The third-order valence-corrected chi connectivity index (χ3v) is 3.19. The largest absolute Gasteiger partial charge is 0.481 e. The van der Waals surface area contributed by atoms with Gasteiger partial charge in [-0.3, -0.25) is 4.79 Å². The molecule has 0 aromatic heterocycles. The molecule has 0 bridgehead atoms. The number of carboxylic acids is 1. The second-order valence-electron chi connectivity index (χ2n) is 4.42. The summed E-state index contributed by atoms with van der Waals surface area (Å²) in [6.07, 6.45) is 4.04. The molecule has 2 rings (SSSR count). The van der Waals surface area contributed by atoms with Gasteiger partial charge in [-0.05, 0) is 43.4 Å². The third kappa shape index (κ3) is 1.87. The molecule has 0 spiro atoms. The molecule has 0 aliphatic heterocycles. The van der Waals surface area contributed by atoms with Gasteiger partial charge in [0.15, 0.2) is 0 Å². The van der Waals surface area contributed by atoms with Crippen LogP contribution in [0.5, 0.6) is 0 Å². The Bertz CT molecular complexity index is 458. The van der Waals surface area contributed by atoms with E-state index >= 15 is 0 Å². The molecule has 0 radical (unpaired) electrons. The van der Waals surface area contributed by atoms with Crippen LogP contribution in [0.3, 0.4) is 0 Å². The molecule has 0 saturated heterocycles. The Morgan fingerprint density at radius 3 is 2.88 bits per heavy atom. The molecule has 1 aromatic carbocycles. The standard InChI is InChI=1S/C14H16O2/c1-9-6-7-11-4-3-5-12(13(11)8-9)10(2)14(15)16/h5-8,10H,3-4H2,1-2H3,(H,15,16). The van der Waals surface area contributed by atoms with Crippen molar-refractivity contribution in [3.8, 4) is 0 Å². The van der Waals surface area contributed by atoms with E-state index in [4.69, 9.17) is 5.11 Å². The minimum Gasteiger partial charge on any atom is -0.481 e. The first-order valence-electron chi connectivity index (χ1n) is 5.62. The Morgan fingerprint density at radius 1 is 1.44 bits per heavy atom. The Hall–Kier alpha value is -1.57. The number of hydrogen-bond donors (Lipinski definition) is 1. The van der Waals surface area contributed by atoms with Gasteiger partial charge in [-0.1, -0.05) is 29.8 Å². The summed E-state index contributed by atoms with van der Waals surface area (Å²) < 4.78 is 0. The van der Waals surface area contributed by atoms with Gasteiger partial charge in [-0.2, -0.15) is 0 Å². The van der Waals surface area contributed by atoms with Crippen molar-refractivity contribution < 1.29 is 9.90 Å². The van der Waals surface area contributed by atoms with Gasteiger partial charge in [-0.15, -0.1) is 0 Å². The summed E-state index contributed by atoms with van der Waals surface area (Å²) in [6, 6.07) is 6.30. The molecule has 2 heteroatoms. The lowest BCUT2D eigenvalue weighted by Gasteiger charge is -2.21. The number of benzene rings is 1. The third-order valence-electron chi connectivity index (χ3n) is 3.19. The summed E-state index contributed by atoms with van der Waals surface area (Å²) in [5.74, 6) is -1.17. The van der Waals surface area contributed by atoms with E-state index in [-0.39, 0.29) is 0 Å². The number of fused-ring (bicyclic) bond motifs is 1. The quantitative estimate of drug-likeness (QED) is 0.825. The van der Waals surface area contributed by atoms with Gasteiger partial charge in [-0.25, -0.2) is 0 Å². The van der Waals surface area contributed by atoms with E-state index in [1.54, 1.807) is 6.92 Å². The molecule has 84 valence electrons. The highest BCUT2D eigenvalue weighted by molar-refractivity contribution is 5.88. The molecule has 1 unspecified atom stereocenters. The Balaban J connectivity index is 2.47. The average molecular weight is 216 g/mol. The van der Waals surface area contributed by atoms with E-state index in [9.17, 15) is 4.79 Å². The van der Waals surface area contributed by atoms with E-state index in [1.165, 1.54) is 11.1 Å². The van der Waals surface area contributed by atoms with Gasteiger partial charge in [0.1, 0.15) is 0 Å². The second-order valence-corrected chi connectivity index (χ2v) is 4.42. The zero-order chi connectivity index (χ0) is 11.7. The van der Waals surface area contributed by atoms with E-state index < -0.39 is 11.9 Å². The molecule has 16 heavy (non-hydrogen) atoms. The van der Waals surface area contributed by atoms with Crippen molar-refractivity contribution in [2.45, 2.75) is 26.7 Å². The molecular formula is C14H16O2. The van der Waals surface area contributed by atoms with Crippen molar-refractivity contribution >= 4 is 11.5 Å². The molecule has 0 heterocycles. The van der Waals surface area contributed by atoms with Crippen LogP contribution in [-0.2, 0) is 11.2 Å². The smallest absolute Gasteiger partial charge is 0.310 e. The van der Waals surface area contributed by atoms with Crippen LogP contribution in [0, 0.1) is 12.8 Å². The lowest BCUT2D eigenvalue weighted by molar-refractivity contribution is -0.139. The second kappa shape index (κ2) is 4.12. The minimum absolute atomic E-state index is 0.416. The zero-order valence-electron chi connectivity index (χ0n) is 9.66. The number of allylic oxidation sites excluding steroid dienone is 1. The number of carbonyl (C=O) groups is 1. The summed E-state index contributed by atoms with van der Waals surface area (Å²) in [7, 11) is 0. The van der Waals surface area contributed by atoms with Crippen molar-refractivity contribution in [3.63, 3.8) is 0 Å². The lowest BCUT2D eigenvalue weighted by atomic mass is 9.84. The molecule has 1 aliphatic rings. The molecule has 2 nitrogen and oxygen atoms in total. The normalized spacial score (nSPS) is 16.2. The van der Waals surface area contributed by atoms with Crippen LogP contribution in [0.2, 0.25) is 0 Å². The number of rotatable bonds is 2. The highest BCUT2D eigenvalue weighted by Crippen LogP contribution is 2.32. The maximum atomic E-state index is 11.1. The molecule has 0 saturated carbocycles. The Morgan fingerprint density at radius 2 is 2.19 bits per heavy atom. The minimum atomic E-state index is -0.749. The predicted octanol–water partition coefficient (Wildman–Crippen LogP) is 3.05. The first-order chi connectivity index (χ1) is 7.59. The number of aliphatic carboxylic acids is 1. The van der Waals surface area contributed by atoms with Crippen LogP contribution in [0.4, 0.5) is 0 Å². The van der Waals surface area contributed by atoms with E-state index in [0.29, 0.717) is 0 Å². The topological polar surface area (TPSA) is 37.3 Å². The average Bonchev–Trinajstić information content (AvgIpc) is 2.27. The molecule has 1 aromatic rings. The highest BCUT2D eigenvalue weighted by Gasteiger charge is 2.22. The van der Waals surface area contributed by atoms with E-state index in [0.717, 1.165) is 24.0 Å². The summed E-state index contributed by atoms with van der Waals surface area (Å²) >= 11 is 0. The van der Waals surface area contributed by atoms with Gasteiger partial charge >= 0.3 is 5.97 Å². The van der Waals surface area contributed by atoms with Crippen LogP contribution in [-0.4, -0.2) is 11.1 Å². The molecule has 0 fully saturated rings. The summed E-state index contributed by atoms with van der Waals surface area (Å²) in [5.41, 5.74) is 4.55. The summed E-state index contributed by atoms with van der Waals surface area (Å²) in [6.45, 7) is 3.80. The van der Waals surface area contributed by atoms with Crippen LogP contribution in [0.15, 0.2) is 24.3 Å². The van der Waals surface area contributed by atoms with Crippen LogP contribution in [0.25, 0.3) is 5.57 Å². The van der Waals surface area contributed by atoms with Gasteiger partial charge in [0.25, 0.3) is 0 Å². The fraction of sp³-hybridized carbons (Fsp3) is 0.357. The Labute approximate surface area is 95.6 Å². The number of aryl methyl sites for hydroxylation is 2. The SMILES string of the molecule is Cc1ccc2c(c1)C(C(C)C(=O)O)=CCC2. The molecule has 1 aliphatic carbocycles. The maximum Gasteiger partial charge on any atom is 0.310 e.